The molecule has 0 spiro atoms. The molecular formula is C9H21NOS. The fourth-order valence-electron chi connectivity index (χ4n) is 0.845. The lowest BCUT2D eigenvalue weighted by Crippen LogP contribution is -2.32. The fraction of sp³-hybridized carbons (Fsp3) is 1.00. The van der Waals surface area contributed by atoms with Gasteiger partial charge >= 0.3 is 0 Å². The number of ether oxygens (including phenoxy) is 1. The number of nitrogens with one attached hydrogen (secondary N) is 1. The Morgan fingerprint density at radius 2 is 2.17 bits per heavy atom. The minimum absolute atomic E-state index is 0.515. The summed E-state index contributed by atoms with van der Waals surface area (Å²) in [4.78, 5) is 0. The molecule has 1 atom stereocenters. The Morgan fingerprint density at radius 3 is 2.67 bits per heavy atom. The SMILES string of the molecule is CCCOCC(CSCC)NC. The van der Waals surface area contributed by atoms with Crippen LogP contribution >= 0.6 is 11.8 Å². The summed E-state index contributed by atoms with van der Waals surface area (Å²) in [6.45, 7) is 6.05. The first-order chi connectivity index (χ1) is 5.85. The van der Waals surface area contributed by atoms with Crippen molar-refractivity contribution in [2.24, 2.45) is 0 Å². The molecule has 0 rings (SSSR count). The molecule has 0 aromatic rings. The van der Waals surface area contributed by atoms with Crippen LogP contribution in [0.2, 0.25) is 0 Å². The number of hydrogen-bond donors (Lipinski definition) is 1. The predicted octanol–water partition coefficient (Wildman–Crippen LogP) is 1.75. The van der Waals surface area contributed by atoms with Crippen molar-refractivity contribution in [3.05, 3.63) is 0 Å². The van der Waals surface area contributed by atoms with E-state index < -0.39 is 0 Å². The summed E-state index contributed by atoms with van der Waals surface area (Å²) in [6, 6.07) is 0.515. The minimum atomic E-state index is 0.515. The maximum Gasteiger partial charge on any atom is 0.0627 e. The van der Waals surface area contributed by atoms with Crippen molar-refractivity contribution in [2.75, 3.05) is 31.8 Å². The van der Waals surface area contributed by atoms with E-state index in [9.17, 15) is 0 Å². The zero-order valence-electron chi connectivity index (χ0n) is 8.43. The van der Waals surface area contributed by atoms with E-state index >= 15 is 0 Å². The van der Waals surface area contributed by atoms with E-state index in [0.29, 0.717) is 6.04 Å². The van der Waals surface area contributed by atoms with Gasteiger partial charge in [-0.1, -0.05) is 13.8 Å². The lowest BCUT2D eigenvalue weighted by Gasteiger charge is -2.15. The summed E-state index contributed by atoms with van der Waals surface area (Å²) in [5.74, 6) is 2.34. The Morgan fingerprint density at radius 1 is 1.42 bits per heavy atom. The van der Waals surface area contributed by atoms with Crippen LogP contribution in [0.5, 0.6) is 0 Å². The van der Waals surface area contributed by atoms with Gasteiger partial charge in [-0.3, -0.25) is 0 Å². The fourth-order valence-corrected chi connectivity index (χ4v) is 1.63. The highest BCUT2D eigenvalue weighted by molar-refractivity contribution is 7.99. The standard InChI is InChI=1S/C9H21NOS/c1-4-6-11-7-9(10-3)8-12-5-2/h9-10H,4-8H2,1-3H3. The quantitative estimate of drug-likeness (QED) is 0.591. The molecule has 0 aliphatic rings. The van der Waals surface area contributed by atoms with Crippen LogP contribution in [0.1, 0.15) is 20.3 Å². The van der Waals surface area contributed by atoms with Crippen molar-refractivity contribution in [2.45, 2.75) is 26.3 Å². The van der Waals surface area contributed by atoms with Crippen molar-refractivity contribution in [3.63, 3.8) is 0 Å². The van der Waals surface area contributed by atoms with Crippen LogP contribution in [0.4, 0.5) is 0 Å². The monoisotopic (exact) mass is 191 g/mol. The Bertz CT molecular complexity index is 90.6. The maximum absolute atomic E-state index is 5.46. The van der Waals surface area contributed by atoms with E-state index in [1.54, 1.807) is 0 Å². The summed E-state index contributed by atoms with van der Waals surface area (Å²) >= 11 is 1.96. The third-order valence-electron chi connectivity index (χ3n) is 1.60. The molecule has 0 saturated heterocycles. The second-order valence-corrected chi connectivity index (χ2v) is 4.04. The third-order valence-corrected chi connectivity index (χ3v) is 2.65. The van der Waals surface area contributed by atoms with Gasteiger partial charge in [-0.25, -0.2) is 0 Å². The number of likely N-dealkylation sites (N-methyl/N-ethyl adjacent to an activating group) is 1. The van der Waals surface area contributed by atoms with E-state index in [1.165, 1.54) is 5.75 Å². The molecule has 0 amide bonds. The summed E-state index contributed by atoms with van der Waals surface area (Å²) < 4.78 is 5.46. The molecule has 12 heavy (non-hydrogen) atoms. The highest BCUT2D eigenvalue weighted by Gasteiger charge is 2.04. The van der Waals surface area contributed by atoms with E-state index in [-0.39, 0.29) is 0 Å². The van der Waals surface area contributed by atoms with Gasteiger partial charge in [0.25, 0.3) is 0 Å². The molecule has 2 nitrogen and oxygen atoms in total. The first kappa shape index (κ1) is 12.3. The van der Waals surface area contributed by atoms with Gasteiger partial charge in [-0.2, -0.15) is 11.8 Å². The summed E-state index contributed by atoms with van der Waals surface area (Å²) in [5, 5.41) is 3.25. The van der Waals surface area contributed by atoms with Crippen LogP contribution in [-0.4, -0.2) is 37.8 Å². The molecule has 0 saturated carbocycles. The Kier molecular flexibility index (Phi) is 9.57. The minimum Gasteiger partial charge on any atom is -0.380 e. The van der Waals surface area contributed by atoms with Crippen molar-refractivity contribution in [1.82, 2.24) is 5.32 Å². The Labute approximate surface area is 80.4 Å². The highest BCUT2D eigenvalue weighted by atomic mass is 32.2. The molecule has 3 heteroatoms. The molecular weight excluding hydrogens is 170 g/mol. The summed E-state index contributed by atoms with van der Waals surface area (Å²) in [7, 11) is 2.00. The van der Waals surface area contributed by atoms with Crippen molar-refractivity contribution < 1.29 is 4.74 Å². The number of rotatable bonds is 8. The predicted molar refractivity (Wildman–Crippen MR) is 57.0 cm³/mol. The average molecular weight is 191 g/mol. The van der Waals surface area contributed by atoms with Gasteiger partial charge in [0.1, 0.15) is 0 Å². The van der Waals surface area contributed by atoms with E-state index in [4.69, 9.17) is 4.74 Å². The zero-order chi connectivity index (χ0) is 9.23. The number of thioether (sulfide) groups is 1. The van der Waals surface area contributed by atoms with E-state index in [2.05, 4.69) is 19.2 Å². The summed E-state index contributed by atoms with van der Waals surface area (Å²) in [6.07, 6.45) is 1.11. The second kappa shape index (κ2) is 9.36. The Hall–Kier alpha value is 0.270. The lowest BCUT2D eigenvalue weighted by molar-refractivity contribution is 0.119. The van der Waals surface area contributed by atoms with Crippen LogP contribution in [0, 0.1) is 0 Å². The molecule has 0 fully saturated rings. The van der Waals surface area contributed by atoms with Crippen LogP contribution < -0.4 is 5.32 Å². The van der Waals surface area contributed by atoms with Crippen molar-refractivity contribution in [1.29, 1.82) is 0 Å². The van der Waals surface area contributed by atoms with Crippen LogP contribution in [0.3, 0.4) is 0 Å². The first-order valence-electron chi connectivity index (χ1n) is 4.67. The topological polar surface area (TPSA) is 21.3 Å². The highest BCUT2D eigenvalue weighted by Crippen LogP contribution is 2.02. The largest absolute Gasteiger partial charge is 0.380 e. The summed E-state index contributed by atoms with van der Waals surface area (Å²) in [5.41, 5.74) is 0. The van der Waals surface area contributed by atoms with Gasteiger partial charge in [0.05, 0.1) is 6.61 Å². The molecule has 0 aromatic carbocycles. The molecule has 0 radical (unpaired) electrons. The van der Waals surface area contributed by atoms with Gasteiger partial charge in [-0.15, -0.1) is 0 Å². The molecule has 0 heterocycles. The van der Waals surface area contributed by atoms with Gasteiger partial charge in [-0.05, 0) is 19.2 Å². The third kappa shape index (κ3) is 6.95. The molecule has 0 bridgehead atoms. The lowest BCUT2D eigenvalue weighted by atomic mass is 10.4. The second-order valence-electron chi connectivity index (χ2n) is 2.72. The van der Waals surface area contributed by atoms with Gasteiger partial charge in [0.2, 0.25) is 0 Å². The van der Waals surface area contributed by atoms with Crippen LogP contribution in [0.25, 0.3) is 0 Å². The van der Waals surface area contributed by atoms with Crippen molar-refractivity contribution >= 4 is 11.8 Å². The number of hydrogen-bond acceptors (Lipinski definition) is 3. The molecule has 1 unspecified atom stereocenters. The molecule has 0 aliphatic heterocycles. The molecule has 1 N–H and O–H groups in total. The van der Waals surface area contributed by atoms with E-state index in [0.717, 1.165) is 25.4 Å². The van der Waals surface area contributed by atoms with Crippen LogP contribution in [0.15, 0.2) is 0 Å². The molecule has 0 aliphatic carbocycles. The van der Waals surface area contributed by atoms with Gasteiger partial charge in [0.15, 0.2) is 0 Å². The smallest absolute Gasteiger partial charge is 0.0627 e. The van der Waals surface area contributed by atoms with E-state index in [1.807, 2.05) is 18.8 Å². The average Bonchev–Trinajstić information content (AvgIpc) is 2.11. The van der Waals surface area contributed by atoms with Gasteiger partial charge in [0, 0.05) is 18.4 Å². The normalized spacial score (nSPS) is 13.2. The van der Waals surface area contributed by atoms with Crippen molar-refractivity contribution in [3.8, 4) is 0 Å². The Balaban J connectivity index is 3.26. The molecule has 0 aromatic heterocycles. The molecule has 74 valence electrons. The van der Waals surface area contributed by atoms with Crippen LogP contribution in [-0.2, 0) is 4.74 Å². The maximum atomic E-state index is 5.46. The van der Waals surface area contributed by atoms with Gasteiger partial charge < -0.3 is 10.1 Å². The first-order valence-corrected chi connectivity index (χ1v) is 5.83. The zero-order valence-corrected chi connectivity index (χ0v) is 9.25.